The number of benzene rings is 1. The molecular weight excluding hydrogens is 1100 g/mol. The minimum absolute atomic E-state index is 0.0512. The fourth-order valence-corrected chi connectivity index (χ4v) is 6.29. The van der Waals surface area contributed by atoms with Gasteiger partial charge in [-0.2, -0.15) is 0 Å². The van der Waals surface area contributed by atoms with Crippen LogP contribution in [0.3, 0.4) is 0 Å². The second-order valence-corrected chi connectivity index (χ2v) is 17.0. The van der Waals surface area contributed by atoms with E-state index < -0.39 is 17.8 Å². The first kappa shape index (κ1) is 75.3. The molecule has 1 fully saturated rings. The number of ether oxygens (including phenoxy) is 20. The first-order valence-corrected chi connectivity index (χ1v) is 28.5. The van der Waals surface area contributed by atoms with Gasteiger partial charge in [0.15, 0.2) is 0 Å². The van der Waals surface area contributed by atoms with Crippen molar-refractivity contribution in [3.8, 4) is 0 Å². The van der Waals surface area contributed by atoms with Gasteiger partial charge in [-0.1, -0.05) is 12.1 Å². The molecule has 1 saturated heterocycles. The van der Waals surface area contributed by atoms with Crippen LogP contribution in [0.1, 0.15) is 40.0 Å². The van der Waals surface area contributed by atoms with E-state index in [0.717, 1.165) is 6.29 Å². The topological polar surface area (TPSA) is 294 Å². The van der Waals surface area contributed by atoms with Crippen LogP contribution in [0.5, 0.6) is 0 Å². The van der Waals surface area contributed by atoms with Crippen molar-refractivity contribution in [3.63, 3.8) is 0 Å². The number of nitrogens with zero attached hydrogens (tertiary/aromatic N) is 1. The maximum atomic E-state index is 12.1. The van der Waals surface area contributed by atoms with Crippen LogP contribution in [0.25, 0.3) is 0 Å². The molecule has 0 unspecified atom stereocenters. The Morgan fingerprint density at radius 2 is 0.554 bits per heavy atom. The highest BCUT2D eigenvalue weighted by Gasteiger charge is 2.32. The lowest BCUT2D eigenvalue weighted by Gasteiger charge is -2.12. The van der Waals surface area contributed by atoms with E-state index in [1.54, 1.807) is 24.3 Å². The number of imide groups is 1. The van der Waals surface area contributed by atoms with Crippen molar-refractivity contribution in [2.24, 2.45) is 0 Å². The zero-order chi connectivity index (χ0) is 59.2. The molecule has 0 bridgehead atoms. The van der Waals surface area contributed by atoms with Crippen molar-refractivity contribution in [1.82, 2.24) is 10.4 Å². The smallest absolute Gasteiger partial charge is 0.335 e. The molecule has 1 heterocycles. The minimum atomic E-state index is -0.706. The lowest BCUT2D eigenvalue weighted by Crippen LogP contribution is -2.32. The molecule has 28 heteroatoms. The molecule has 0 spiro atoms. The summed E-state index contributed by atoms with van der Waals surface area (Å²) >= 11 is 0. The van der Waals surface area contributed by atoms with Gasteiger partial charge < -0.3 is 105 Å². The van der Waals surface area contributed by atoms with Crippen LogP contribution < -0.4 is 5.32 Å². The molecule has 0 radical (unpaired) electrons. The molecule has 3 amide bonds. The third-order valence-corrected chi connectivity index (χ3v) is 10.6. The van der Waals surface area contributed by atoms with Gasteiger partial charge in [0, 0.05) is 30.5 Å². The van der Waals surface area contributed by atoms with Crippen LogP contribution in [0.15, 0.2) is 24.3 Å². The summed E-state index contributed by atoms with van der Waals surface area (Å²) in [5.74, 6) is -1.96. The molecule has 1 aliphatic heterocycles. The summed E-state index contributed by atoms with van der Waals surface area (Å²) in [7, 11) is 0. The number of nitrogens with one attached hydrogen (secondary N) is 1. The Balaban J connectivity index is 1.10. The van der Waals surface area contributed by atoms with Gasteiger partial charge >= 0.3 is 5.97 Å². The monoisotopic (exact) mass is 1200 g/mol. The average molecular weight is 1200 g/mol. The zero-order valence-corrected chi connectivity index (χ0v) is 48.6. The Morgan fingerprint density at radius 1 is 0.337 bits per heavy atom. The van der Waals surface area contributed by atoms with Crippen LogP contribution in [0.4, 0.5) is 0 Å². The summed E-state index contributed by atoms with van der Waals surface area (Å²) < 4.78 is 110. The number of aldehydes is 1. The van der Waals surface area contributed by atoms with Gasteiger partial charge in [-0.15, -0.1) is 5.06 Å². The summed E-state index contributed by atoms with van der Waals surface area (Å²) in [6.07, 6.45) is 0.752. The van der Waals surface area contributed by atoms with Crippen molar-refractivity contribution < 1.29 is 124 Å². The number of hydroxylamine groups is 2. The highest BCUT2D eigenvalue weighted by atomic mass is 16.7. The van der Waals surface area contributed by atoms with Gasteiger partial charge in [-0.25, -0.2) is 4.79 Å². The van der Waals surface area contributed by atoms with Crippen molar-refractivity contribution in [2.45, 2.75) is 19.3 Å². The normalized spacial score (nSPS) is 12.5. The van der Waals surface area contributed by atoms with E-state index in [4.69, 9.17) is 99.6 Å². The van der Waals surface area contributed by atoms with Crippen LogP contribution in [-0.2, 0) is 114 Å². The number of hydrogen-bond donors (Lipinski definition) is 1. The number of carbonyl (C=O) groups is 5. The van der Waals surface area contributed by atoms with Crippen molar-refractivity contribution >= 4 is 30.0 Å². The van der Waals surface area contributed by atoms with Crippen molar-refractivity contribution in [2.75, 3.05) is 271 Å². The highest BCUT2D eigenvalue weighted by molar-refractivity contribution is 6.01. The second-order valence-electron chi connectivity index (χ2n) is 17.0. The maximum Gasteiger partial charge on any atom is 0.335 e. The van der Waals surface area contributed by atoms with Crippen molar-refractivity contribution in [1.29, 1.82) is 0 Å². The number of amides is 3. The summed E-state index contributed by atoms with van der Waals surface area (Å²) in [5, 5.41) is 3.28. The molecule has 0 aromatic heterocycles. The lowest BCUT2D eigenvalue weighted by molar-refractivity contribution is -0.198. The Morgan fingerprint density at radius 3 is 0.783 bits per heavy atom. The van der Waals surface area contributed by atoms with E-state index in [9.17, 15) is 24.0 Å². The van der Waals surface area contributed by atoms with E-state index in [-0.39, 0.29) is 38.4 Å². The maximum absolute atomic E-state index is 12.1. The molecule has 1 aliphatic rings. The fraction of sp³-hybridized carbons (Fsp3) is 0.800. The predicted molar refractivity (Wildman–Crippen MR) is 292 cm³/mol. The molecule has 0 atom stereocenters. The van der Waals surface area contributed by atoms with Gasteiger partial charge in [-0.3, -0.25) is 19.2 Å². The first-order valence-electron chi connectivity index (χ1n) is 28.5. The lowest BCUT2D eigenvalue weighted by atomic mass is 10.1. The molecule has 1 N–H and O–H groups in total. The minimum Gasteiger partial charge on any atom is -0.378 e. The van der Waals surface area contributed by atoms with Crippen LogP contribution >= 0.6 is 0 Å². The molecule has 2 rings (SSSR count). The molecule has 1 aromatic carbocycles. The Hall–Kier alpha value is -3.83. The molecule has 0 saturated carbocycles. The summed E-state index contributed by atoms with van der Waals surface area (Å²) in [6.45, 7) is 17.8. The van der Waals surface area contributed by atoms with Gasteiger partial charge in [0.2, 0.25) is 0 Å². The molecule has 83 heavy (non-hydrogen) atoms. The highest BCUT2D eigenvalue weighted by Crippen LogP contribution is 2.12. The molecule has 1 aromatic rings. The number of hydrogen-bond acceptors (Lipinski definition) is 26. The SMILES string of the molecule is O=Cc1ccc(C(=O)NCCOCCOCCOCCOCCOCCOCCOCCOCCOCCOCCOCCOCCOCCOCCOCCOCCOCCOCCOCCOCCC(=O)ON2C(=O)CCC2=O)cc1. The average Bonchev–Trinajstić information content (AvgIpc) is 3.84. The third-order valence-electron chi connectivity index (χ3n) is 10.6. The standard InChI is InChI=1S/C55H94N2O26/c58-49-50-1-3-51(4-2-50)55(62)56-8-10-64-12-14-66-16-18-68-20-22-70-24-26-72-28-30-74-32-34-76-36-38-78-40-42-80-44-46-82-48-47-81-45-43-79-41-39-77-37-35-75-33-31-73-29-27-71-25-23-69-21-19-67-17-15-65-13-11-63-9-7-54(61)83-57-52(59)5-6-53(57)60/h1-4,49H,5-48H2,(H,56,62). The molecule has 28 nitrogen and oxygen atoms in total. The Bertz CT molecular complexity index is 1640. The van der Waals surface area contributed by atoms with Gasteiger partial charge in [0.1, 0.15) is 6.29 Å². The van der Waals surface area contributed by atoms with Gasteiger partial charge in [0.25, 0.3) is 17.7 Å². The first-order chi connectivity index (χ1) is 41.0. The van der Waals surface area contributed by atoms with Crippen LogP contribution in [0.2, 0.25) is 0 Å². The predicted octanol–water partition coefficient (Wildman–Crippen LogP) is 0.558. The van der Waals surface area contributed by atoms with Gasteiger partial charge in [-0.05, 0) is 12.1 Å². The molecule has 480 valence electrons. The Labute approximate surface area is 488 Å². The van der Waals surface area contributed by atoms with E-state index >= 15 is 0 Å². The molecular formula is C55H94N2O26. The van der Waals surface area contributed by atoms with Crippen LogP contribution in [-0.4, -0.2) is 306 Å². The summed E-state index contributed by atoms with van der Waals surface area (Å²) in [5.41, 5.74) is 1.01. The molecule has 0 aliphatic carbocycles. The third kappa shape index (κ3) is 50.1. The summed E-state index contributed by atoms with van der Waals surface area (Å²) in [4.78, 5) is 62.1. The second kappa shape index (κ2) is 59.9. The number of rotatable bonds is 66. The summed E-state index contributed by atoms with van der Waals surface area (Å²) in [6, 6.07) is 6.41. The Kier molecular flexibility index (Phi) is 54.3. The van der Waals surface area contributed by atoms with Crippen LogP contribution in [0, 0.1) is 0 Å². The quantitative estimate of drug-likeness (QED) is 0.0529. The van der Waals surface area contributed by atoms with Gasteiger partial charge in [0.05, 0.1) is 271 Å². The van der Waals surface area contributed by atoms with E-state index in [2.05, 4.69) is 5.32 Å². The van der Waals surface area contributed by atoms with E-state index in [1.807, 2.05) is 0 Å². The fourth-order valence-electron chi connectivity index (χ4n) is 6.29. The van der Waals surface area contributed by atoms with Crippen molar-refractivity contribution in [3.05, 3.63) is 35.4 Å². The zero-order valence-electron chi connectivity index (χ0n) is 48.6. The van der Waals surface area contributed by atoms with E-state index in [1.165, 1.54) is 0 Å². The van der Waals surface area contributed by atoms with E-state index in [0.29, 0.717) is 274 Å². The number of carbonyl (C=O) groups excluding carboxylic acids is 5. The largest absolute Gasteiger partial charge is 0.378 e.